The zero-order chi connectivity index (χ0) is 13.1. The smallest absolute Gasteiger partial charge is 0.220 e. The molecule has 1 aromatic carbocycles. The number of pyridine rings is 1. The van der Waals surface area contributed by atoms with Crippen LogP contribution in [-0.2, 0) is 4.79 Å². The molecule has 0 saturated heterocycles. The number of nitrogens with two attached hydrogens (primary N) is 1. The standard InChI is InChI=1S/C13H14N2O3/c14-12(17)6-11(16)13(18)9-5-8-3-1-2-4-10(8)15-7-9/h1-5,7,11,13,16,18H,6H2,(H2,14,17). The Labute approximate surface area is 104 Å². The van der Waals surface area contributed by atoms with Crippen LogP contribution >= 0.6 is 0 Å². The molecule has 2 unspecified atom stereocenters. The van der Waals surface area contributed by atoms with E-state index in [-0.39, 0.29) is 6.42 Å². The average molecular weight is 246 g/mol. The molecule has 0 bridgehead atoms. The van der Waals surface area contributed by atoms with Crippen LogP contribution in [0.2, 0.25) is 0 Å². The fraction of sp³-hybridized carbons (Fsp3) is 0.231. The Balaban J connectivity index is 2.27. The van der Waals surface area contributed by atoms with Crippen molar-refractivity contribution in [2.75, 3.05) is 0 Å². The molecule has 1 amide bonds. The van der Waals surface area contributed by atoms with Crippen molar-refractivity contribution in [2.24, 2.45) is 5.73 Å². The van der Waals surface area contributed by atoms with Crippen molar-refractivity contribution in [1.29, 1.82) is 0 Å². The number of amides is 1. The summed E-state index contributed by atoms with van der Waals surface area (Å²) in [7, 11) is 0. The number of aromatic nitrogens is 1. The highest BCUT2D eigenvalue weighted by Gasteiger charge is 2.20. The molecule has 1 heterocycles. The van der Waals surface area contributed by atoms with Crippen molar-refractivity contribution in [3.05, 3.63) is 42.1 Å². The normalized spacial score (nSPS) is 14.3. The number of hydrogen-bond acceptors (Lipinski definition) is 4. The van der Waals surface area contributed by atoms with Crippen LogP contribution in [0.25, 0.3) is 10.9 Å². The second-order valence-electron chi connectivity index (χ2n) is 4.14. The Bertz CT molecular complexity index is 571. The minimum atomic E-state index is -1.22. The van der Waals surface area contributed by atoms with E-state index in [1.165, 1.54) is 6.20 Å². The molecule has 0 aliphatic heterocycles. The predicted molar refractivity (Wildman–Crippen MR) is 66.5 cm³/mol. The van der Waals surface area contributed by atoms with Crippen LogP contribution in [-0.4, -0.2) is 27.2 Å². The van der Waals surface area contributed by atoms with E-state index in [0.29, 0.717) is 5.56 Å². The number of primary amides is 1. The number of aliphatic hydroxyl groups is 2. The molecule has 94 valence electrons. The molecule has 0 radical (unpaired) electrons. The second kappa shape index (κ2) is 5.12. The summed E-state index contributed by atoms with van der Waals surface area (Å²) in [5.74, 6) is -0.657. The van der Waals surface area contributed by atoms with Crippen LogP contribution in [0.3, 0.4) is 0 Å². The molecule has 18 heavy (non-hydrogen) atoms. The number of hydrogen-bond donors (Lipinski definition) is 3. The van der Waals surface area contributed by atoms with Gasteiger partial charge in [-0.3, -0.25) is 9.78 Å². The summed E-state index contributed by atoms with van der Waals surface area (Å²) in [6, 6.07) is 9.18. The minimum absolute atomic E-state index is 0.284. The fourth-order valence-electron chi connectivity index (χ4n) is 1.79. The molecule has 1 aromatic heterocycles. The molecule has 0 fully saturated rings. The van der Waals surface area contributed by atoms with Gasteiger partial charge in [-0.15, -0.1) is 0 Å². The van der Waals surface area contributed by atoms with E-state index >= 15 is 0 Å². The number of nitrogens with zero attached hydrogens (tertiary/aromatic N) is 1. The quantitative estimate of drug-likeness (QED) is 0.732. The van der Waals surface area contributed by atoms with Crippen LogP contribution in [0.1, 0.15) is 18.1 Å². The van der Waals surface area contributed by atoms with Gasteiger partial charge in [0.25, 0.3) is 0 Å². The van der Waals surface area contributed by atoms with Gasteiger partial charge in [0, 0.05) is 17.1 Å². The van der Waals surface area contributed by atoms with Crippen molar-refractivity contribution < 1.29 is 15.0 Å². The Morgan fingerprint density at radius 2 is 2.06 bits per heavy atom. The number of rotatable bonds is 4. The molecule has 5 heteroatoms. The SMILES string of the molecule is NC(=O)CC(O)C(O)c1cnc2ccccc2c1. The Morgan fingerprint density at radius 3 is 2.78 bits per heavy atom. The summed E-state index contributed by atoms with van der Waals surface area (Å²) in [6.45, 7) is 0. The number of carbonyl (C=O) groups excluding carboxylic acids is 1. The van der Waals surface area contributed by atoms with E-state index in [9.17, 15) is 15.0 Å². The summed E-state index contributed by atoms with van der Waals surface area (Å²) >= 11 is 0. The summed E-state index contributed by atoms with van der Waals surface area (Å²) in [5.41, 5.74) is 6.24. The van der Waals surface area contributed by atoms with Gasteiger partial charge in [-0.2, -0.15) is 0 Å². The molecule has 2 atom stereocenters. The zero-order valence-corrected chi connectivity index (χ0v) is 9.65. The molecule has 5 nitrogen and oxygen atoms in total. The van der Waals surface area contributed by atoms with Crippen molar-refractivity contribution in [1.82, 2.24) is 4.98 Å². The van der Waals surface area contributed by atoms with Gasteiger partial charge >= 0.3 is 0 Å². The van der Waals surface area contributed by atoms with E-state index in [1.807, 2.05) is 24.3 Å². The maximum Gasteiger partial charge on any atom is 0.220 e. The molecule has 4 N–H and O–H groups in total. The van der Waals surface area contributed by atoms with E-state index in [2.05, 4.69) is 4.98 Å². The maximum absolute atomic E-state index is 10.7. The highest BCUT2D eigenvalue weighted by Crippen LogP contribution is 2.21. The number of para-hydroxylation sites is 1. The van der Waals surface area contributed by atoms with Gasteiger partial charge in [0.05, 0.1) is 18.0 Å². The number of carbonyl (C=O) groups is 1. The van der Waals surface area contributed by atoms with E-state index in [4.69, 9.17) is 5.73 Å². The first-order valence-corrected chi connectivity index (χ1v) is 5.57. The topological polar surface area (TPSA) is 96.4 Å². The van der Waals surface area contributed by atoms with Gasteiger partial charge in [0.2, 0.25) is 5.91 Å². The van der Waals surface area contributed by atoms with Gasteiger partial charge in [-0.1, -0.05) is 18.2 Å². The first-order valence-electron chi connectivity index (χ1n) is 5.57. The lowest BCUT2D eigenvalue weighted by atomic mass is 10.0. The van der Waals surface area contributed by atoms with Gasteiger partial charge in [-0.05, 0) is 12.1 Å². The highest BCUT2D eigenvalue weighted by atomic mass is 16.3. The molecule has 0 aliphatic carbocycles. The van der Waals surface area contributed by atoms with Crippen molar-refractivity contribution >= 4 is 16.8 Å². The van der Waals surface area contributed by atoms with Crippen LogP contribution in [0.4, 0.5) is 0 Å². The molecule has 0 saturated carbocycles. The lowest BCUT2D eigenvalue weighted by Crippen LogP contribution is -2.25. The molecule has 0 aliphatic rings. The van der Waals surface area contributed by atoms with E-state index < -0.39 is 18.1 Å². The monoisotopic (exact) mass is 246 g/mol. The Morgan fingerprint density at radius 1 is 1.33 bits per heavy atom. The minimum Gasteiger partial charge on any atom is -0.390 e. The Kier molecular flexibility index (Phi) is 3.55. The van der Waals surface area contributed by atoms with E-state index in [0.717, 1.165) is 10.9 Å². The van der Waals surface area contributed by atoms with Crippen molar-refractivity contribution in [3.63, 3.8) is 0 Å². The lowest BCUT2D eigenvalue weighted by molar-refractivity contribution is -0.121. The van der Waals surface area contributed by atoms with Gasteiger partial charge in [0.15, 0.2) is 0 Å². The first kappa shape index (κ1) is 12.5. The number of aliphatic hydroxyl groups excluding tert-OH is 2. The lowest BCUT2D eigenvalue weighted by Gasteiger charge is -2.16. The Hall–Kier alpha value is -1.98. The van der Waals surface area contributed by atoms with Crippen molar-refractivity contribution in [3.8, 4) is 0 Å². The third-order valence-electron chi connectivity index (χ3n) is 2.73. The summed E-state index contributed by atoms with van der Waals surface area (Å²) < 4.78 is 0. The molecule has 2 aromatic rings. The van der Waals surface area contributed by atoms with Crippen LogP contribution in [0.15, 0.2) is 36.5 Å². The third kappa shape index (κ3) is 2.64. The van der Waals surface area contributed by atoms with Gasteiger partial charge in [0.1, 0.15) is 6.10 Å². The molecular weight excluding hydrogens is 232 g/mol. The predicted octanol–water partition coefficient (Wildman–Crippen LogP) is 0.504. The van der Waals surface area contributed by atoms with E-state index in [1.54, 1.807) is 6.07 Å². The van der Waals surface area contributed by atoms with Crippen molar-refractivity contribution in [2.45, 2.75) is 18.6 Å². The van der Waals surface area contributed by atoms with Gasteiger partial charge < -0.3 is 15.9 Å². The summed E-state index contributed by atoms with van der Waals surface area (Å²) in [4.78, 5) is 14.9. The number of fused-ring (bicyclic) bond motifs is 1. The highest BCUT2D eigenvalue weighted by molar-refractivity contribution is 5.79. The average Bonchev–Trinajstić information content (AvgIpc) is 2.36. The fourth-order valence-corrected chi connectivity index (χ4v) is 1.79. The van der Waals surface area contributed by atoms with Gasteiger partial charge in [-0.25, -0.2) is 0 Å². The summed E-state index contributed by atoms with van der Waals surface area (Å²) in [5, 5.41) is 20.4. The maximum atomic E-state index is 10.7. The zero-order valence-electron chi connectivity index (χ0n) is 9.65. The molecule has 2 rings (SSSR count). The largest absolute Gasteiger partial charge is 0.390 e. The van der Waals surface area contributed by atoms with Crippen LogP contribution in [0.5, 0.6) is 0 Å². The molecule has 0 spiro atoms. The third-order valence-corrected chi connectivity index (χ3v) is 2.73. The second-order valence-corrected chi connectivity index (χ2v) is 4.14. The van der Waals surface area contributed by atoms with Crippen LogP contribution in [0, 0.1) is 0 Å². The summed E-state index contributed by atoms with van der Waals surface area (Å²) in [6.07, 6.45) is -1.19. The number of benzene rings is 1. The molecular formula is C13H14N2O3. The van der Waals surface area contributed by atoms with Crippen LogP contribution < -0.4 is 5.73 Å². The first-order chi connectivity index (χ1) is 8.58.